The van der Waals surface area contributed by atoms with Crippen molar-refractivity contribution in [2.75, 3.05) is 6.54 Å². The molecule has 1 aromatic carbocycles. The van der Waals surface area contributed by atoms with Crippen LogP contribution in [0.15, 0.2) is 23.6 Å². The first kappa shape index (κ1) is 14.0. The van der Waals surface area contributed by atoms with Crippen molar-refractivity contribution < 1.29 is 13.9 Å². The van der Waals surface area contributed by atoms with Crippen LogP contribution in [0, 0.1) is 18.6 Å². The maximum absolute atomic E-state index is 13.4. The highest BCUT2D eigenvalue weighted by Crippen LogP contribution is 2.18. The molecule has 0 bridgehead atoms. The highest BCUT2D eigenvalue weighted by molar-refractivity contribution is 7.09. The molecular formula is C13H14F2N2OS. The molecule has 1 heterocycles. The number of aromatic nitrogens is 1. The normalized spacial score (nSPS) is 12.6. The molecule has 0 aliphatic rings. The average Bonchev–Trinajstić information content (AvgIpc) is 2.78. The van der Waals surface area contributed by atoms with Crippen LogP contribution < -0.4 is 5.32 Å². The Labute approximate surface area is 113 Å². The van der Waals surface area contributed by atoms with Gasteiger partial charge >= 0.3 is 0 Å². The SMILES string of the molecule is Cc1csc(CNCC(O)c2cc(F)ccc2F)n1. The Kier molecular flexibility index (Phi) is 4.57. The Balaban J connectivity index is 1.90. The van der Waals surface area contributed by atoms with E-state index >= 15 is 0 Å². The Hall–Kier alpha value is -1.37. The summed E-state index contributed by atoms with van der Waals surface area (Å²) >= 11 is 1.51. The molecule has 2 aromatic rings. The van der Waals surface area contributed by atoms with Gasteiger partial charge < -0.3 is 10.4 Å². The molecule has 102 valence electrons. The van der Waals surface area contributed by atoms with E-state index in [2.05, 4.69) is 10.3 Å². The Morgan fingerprint density at radius 2 is 2.21 bits per heavy atom. The lowest BCUT2D eigenvalue weighted by molar-refractivity contribution is 0.169. The average molecular weight is 284 g/mol. The van der Waals surface area contributed by atoms with E-state index in [-0.39, 0.29) is 12.1 Å². The second-order valence-corrected chi connectivity index (χ2v) is 5.14. The van der Waals surface area contributed by atoms with Crippen LogP contribution in [0.4, 0.5) is 8.78 Å². The van der Waals surface area contributed by atoms with Crippen molar-refractivity contribution in [3.05, 3.63) is 51.5 Å². The molecule has 1 atom stereocenters. The lowest BCUT2D eigenvalue weighted by Gasteiger charge is -2.12. The minimum absolute atomic E-state index is 0.0391. The van der Waals surface area contributed by atoms with Crippen LogP contribution in [0.25, 0.3) is 0 Å². The highest BCUT2D eigenvalue weighted by Gasteiger charge is 2.13. The molecule has 0 spiro atoms. The minimum Gasteiger partial charge on any atom is -0.387 e. The van der Waals surface area contributed by atoms with E-state index in [0.29, 0.717) is 6.54 Å². The van der Waals surface area contributed by atoms with Gasteiger partial charge in [-0.2, -0.15) is 0 Å². The first-order valence-corrected chi connectivity index (χ1v) is 6.69. The zero-order chi connectivity index (χ0) is 13.8. The van der Waals surface area contributed by atoms with Gasteiger partial charge in [-0.05, 0) is 25.1 Å². The standard InChI is InChI=1S/C13H14F2N2OS/c1-8-7-19-13(17-8)6-16-5-12(18)10-4-9(14)2-3-11(10)15/h2-4,7,12,16,18H,5-6H2,1H3. The maximum atomic E-state index is 13.4. The fraction of sp³-hybridized carbons (Fsp3) is 0.308. The van der Waals surface area contributed by atoms with E-state index in [4.69, 9.17) is 0 Å². The number of aliphatic hydroxyl groups excluding tert-OH is 1. The highest BCUT2D eigenvalue weighted by atomic mass is 32.1. The maximum Gasteiger partial charge on any atom is 0.129 e. The van der Waals surface area contributed by atoms with Gasteiger partial charge in [0.1, 0.15) is 16.6 Å². The van der Waals surface area contributed by atoms with Crippen molar-refractivity contribution in [1.82, 2.24) is 10.3 Å². The number of aliphatic hydroxyl groups is 1. The molecule has 0 radical (unpaired) electrons. The van der Waals surface area contributed by atoms with E-state index in [1.807, 2.05) is 12.3 Å². The van der Waals surface area contributed by atoms with E-state index in [1.54, 1.807) is 0 Å². The fourth-order valence-corrected chi connectivity index (χ4v) is 2.42. The summed E-state index contributed by atoms with van der Waals surface area (Å²) in [5.74, 6) is -1.17. The Morgan fingerprint density at radius 3 is 2.89 bits per heavy atom. The zero-order valence-electron chi connectivity index (χ0n) is 10.4. The summed E-state index contributed by atoms with van der Waals surface area (Å²) in [6.45, 7) is 2.53. The molecule has 1 unspecified atom stereocenters. The molecule has 2 N–H and O–H groups in total. The number of rotatable bonds is 5. The molecule has 0 saturated carbocycles. The predicted octanol–water partition coefficient (Wildman–Crippen LogP) is 2.55. The van der Waals surface area contributed by atoms with Gasteiger partial charge in [0.25, 0.3) is 0 Å². The van der Waals surface area contributed by atoms with E-state index in [9.17, 15) is 13.9 Å². The molecule has 0 aliphatic heterocycles. The van der Waals surface area contributed by atoms with Crippen LogP contribution in [-0.4, -0.2) is 16.6 Å². The van der Waals surface area contributed by atoms with Gasteiger partial charge in [0.15, 0.2) is 0 Å². The van der Waals surface area contributed by atoms with Gasteiger partial charge in [0, 0.05) is 29.7 Å². The van der Waals surface area contributed by atoms with Crippen molar-refractivity contribution in [3.8, 4) is 0 Å². The van der Waals surface area contributed by atoms with E-state index in [1.165, 1.54) is 11.3 Å². The Morgan fingerprint density at radius 1 is 1.42 bits per heavy atom. The summed E-state index contributed by atoms with van der Waals surface area (Å²) in [6, 6.07) is 3.05. The second kappa shape index (κ2) is 6.18. The molecular weight excluding hydrogens is 270 g/mol. The van der Waals surface area contributed by atoms with Gasteiger partial charge in [0.05, 0.1) is 6.10 Å². The lowest BCUT2D eigenvalue weighted by Crippen LogP contribution is -2.21. The third-order valence-corrected chi connectivity index (χ3v) is 3.56. The summed E-state index contributed by atoms with van der Waals surface area (Å²) in [4.78, 5) is 4.25. The minimum atomic E-state index is -1.09. The van der Waals surface area contributed by atoms with Crippen molar-refractivity contribution in [2.45, 2.75) is 19.6 Å². The number of hydrogen-bond donors (Lipinski definition) is 2. The van der Waals surface area contributed by atoms with Gasteiger partial charge in [-0.15, -0.1) is 11.3 Å². The largest absolute Gasteiger partial charge is 0.387 e. The number of nitrogens with zero attached hydrogens (tertiary/aromatic N) is 1. The first-order valence-electron chi connectivity index (χ1n) is 5.81. The van der Waals surface area contributed by atoms with Crippen LogP contribution in [0.5, 0.6) is 0 Å². The third kappa shape index (κ3) is 3.79. The fourth-order valence-electron chi connectivity index (χ4n) is 1.68. The number of hydrogen-bond acceptors (Lipinski definition) is 4. The summed E-state index contributed by atoms with van der Waals surface area (Å²) in [6.07, 6.45) is -1.09. The number of benzene rings is 1. The molecule has 6 heteroatoms. The van der Waals surface area contributed by atoms with Crippen molar-refractivity contribution in [2.24, 2.45) is 0 Å². The van der Waals surface area contributed by atoms with Crippen molar-refractivity contribution in [1.29, 1.82) is 0 Å². The first-order chi connectivity index (χ1) is 9.06. The van der Waals surface area contributed by atoms with Gasteiger partial charge in [-0.1, -0.05) is 0 Å². The van der Waals surface area contributed by atoms with Crippen LogP contribution in [0.3, 0.4) is 0 Å². The topological polar surface area (TPSA) is 45.1 Å². The predicted molar refractivity (Wildman–Crippen MR) is 69.9 cm³/mol. The molecule has 2 rings (SSSR count). The van der Waals surface area contributed by atoms with E-state index in [0.717, 1.165) is 28.9 Å². The van der Waals surface area contributed by atoms with Crippen LogP contribution in [0.1, 0.15) is 22.4 Å². The third-order valence-electron chi connectivity index (χ3n) is 2.60. The van der Waals surface area contributed by atoms with Gasteiger partial charge in [0.2, 0.25) is 0 Å². The summed E-state index contributed by atoms with van der Waals surface area (Å²) in [5.41, 5.74) is 0.904. The zero-order valence-corrected chi connectivity index (χ0v) is 11.2. The molecule has 0 aliphatic carbocycles. The molecule has 3 nitrogen and oxygen atoms in total. The molecule has 19 heavy (non-hydrogen) atoms. The number of nitrogens with one attached hydrogen (secondary N) is 1. The van der Waals surface area contributed by atoms with Crippen LogP contribution in [0.2, 0.25) is 0 Å². The summed E-state index contributed by atoms with van der Waals surface area (Å²) in [5, 5.41) is 15.6. The summed E-state index contributed by atoms with van der Waals surface area (Å²) < 4.78 is 26.4. The van der Waals surface area contributed by atoms with Crippen molar-refractivity contribution >= 4 is 11.3 Å². The van der Waals surface area contributed by atoms with Gasteiger partial charge in [-0.3, -0.25) is 0 Å². The molecule has 0 amide bonds. The lowest BCUT2D eigenvalue weighted by atomic mass is 10.1. The molecule has 0 fully saturated rings. The smallest absolute Gasteiger partial charge is 0.129 e. The number of halogens is 2. The van der Waals surface area contributed by atoms with Gasteiger partial charge in [-0.25, -0.2) is 13.8 Å². The number of thiazole rings is 1. The second-order valence-electron chi connectivity index (χ2n) is 4.20. The van der Waals surface area contributed by atoms with E-state index < -0.39 is 17.7 Å². The van der Waals surface area contributed by atoms with Crippen LogP contribution >= 0.6 is 11.3 Å². The molecule has 1 aromatic heterocycles. The monoisotopic (exact) mass is 284 g/mol. The Bertz CT molecular complexity index is 559. The summed E-state index contributed by atoms with van der Waals surface area (Å²) in [7, 11) is 0. The quantitative estimate of drug-likeness (QED) is 0.887. The van der Waals surface area contributed by atoms with Crippen molar-refractivity contribution in [3.63, 3.8) is 0 Å². The molecule has 0 saturated heterocycles. The van der Waals surface area contributed by atoms with Crippen LogP contribution in [-0.2, 0) is 6.54 Å². The number of aryl methyl sites for hydroxylation is 1.